The van der Waals surface area contributed by atoms with Gasteiger partial charge in [0.2, 0.25) is 5.91 Å². The number of methoxy groups -OCH3 is 1. The van der Waals surface area contributed by atoms with E-state index in [1.807, 2.05) is 13.8 Å². The molecule has 0 aromatic carbocycles. The first-order chi connectivity index (χ1) is 13.4. The number of nitrogens with zero attached hydrogens (tertiary/aromatic N) is 2. The lowest BCUT2D eigenvalue weighted by Gasteiger charge is -2.37. The van der Waals surface area contributed by atoms with E-state index in [4.69, 9.17) is 10.5 Å². The lowest BCUT2D eigenvalue weighted by Crippen LogP contribution is -2.56. The lowest BCUT2D eigenvalue weighted by atomic mass is 9.84. The van der Waals surface area contributed by atoms with Crippen molar-refractivity contribution >= 4 is 23.5 Å². The van der Waals surface area contributed by atoms with E-state index in [1.54, 1.807) is 39.0 Å². The van der Waals surface area contributed by atoms with Crippen molar-refractivity contribution in [3.05, 3.63) is 24.4 Å². The minimum absolute atomic E-state index is 0.0183. The van der Waals surface area contributed by atoms with Crippen molar-refractivity contribution in [2.45, 2.75) is 53.2 Å². The van der Waals surface area contributed by atoms with Crippen molar-refractivity contribution in [1.82, 2.24) is 10.0 Å². The smallest absolute Gasteiger partial charge is 0.252 e. The number of pyridine rings is 1. The molecule has 29 heavy (non-hydrogen) atoms. The Bertz CT molecular complexity index is 703. The number of nitrogens with two attached hydrogens (primary N) is 1. The lowest BCUT2D eigenvalue weighted by molar-refractivity contribution is -0.196. The summed E-state index contributed by atoms with van der Waals surface area (Å²) < 4.78 is 5.12. The van der Waals surface area contributed by atoms with Gasteiger partial charge in [0.05, 0.1) is 5.92 Å². The first kappa shape index (κ1) is 24.5. The minimum atomic E-state index is -1.24. The van der Waals surface area contributed by atoms with E-state index in [-0.39, 0.29) is 12.3 Å². The molecule has 0 saturated carbocycles. The van der Waals surface area contributed by atoms with Crippen LogP contribution in [0.2, 0.25) is 0 Å². The summed E-state index contributed by atoms with van der Waals surface area (Å²) in [5.74, 6) is -2.95. The molecule has 0 bridgehead atoms. The van der Waals surface area contributed by atoms with Crippen LogP contribution in [0.1, 0.15) is 41.0 Å². The third-order valence-corrected chi connectivity index (χ3v) is 4.40. The highest BCUT2D eigenvalue weighted by molar-refractivity contribution is 5.97. The molecule has 9 nitrogen and oxygen atoms in total. The summed E-state index contributed by atoms with van der Waals surface area (Å²) >= 11 is 0. The molecule has 1 heterocycles. The molecule has 3 atom stereocenters. The maximum Gasteiger partial charge on any atom is 0.252 e. The third kappa shape index (κ3) is 6.79. The standard InChI is InChI=1S/C20H32N4O5/c1-12(2)11-13(15(29-6)17(21)25)19(27)24(28)16(20(3,4)5)18(26)23-14-9-7-8-10-22-14/h7-10,12-13,15-16,28H,11H2,1-6H3,(H2,21,25)(H,22,23,26)/t13-,15+,16-/m1/s1. The number of hydrogen-bond donors (Lipinski definition) is 3. The number of hydroxylamine groups is 2. The van der Waals surface area contributed by atoms with Gasteiger partial charge < -0.3 is 15.8 Å². The molecule has 0 spiro atoms. The first-order valence-corrected chi connectivity index (χ1v) is 9.46. The second-order valence-corrected chi connectivity index (χ2v) is 8.45. The molecule has 0 saturated heterocycles. The van der Waals surface area contributed by atoms with Gasteiger partial charge in [0.15, 0.2) is 0 Å². The van der Waals surface area contributed by atoms with Crippen molar-refractivity contribution in [2.75, 3.05) is 12.4 Å². The number of ether oxygens (including phenoxy) is 1. The van der Waals surface area contributed by atoms with E-state index in [1.165, 1.54) is 13.3 Å². The summed E-state index contributed by atoms with van der Waals surface area (Å²) in [6.07, 6.45) is 0.535. The van der Waals surface area contributed by atoms with Crippen LogP contribution in [0.25, 0.3) is 0 Å². The predicted molar refractivity (Wildman–Crippen MR) is 108 cm³/mol. The van der Waals surface area contributed by atoms with E-state index in [0.717, 1.165) is 0 Å². The zero-order valence-corrected chi connectivity index (χ0v) is 17.9. The number of anilines is 1. The van der Waals surface area contributed by atoms with Crippen molar-refractivity contribution in [1.29, 1.82) is 0 Å². The molecule has 0 aliphatic heterocycles. The molecular formula is C20H32N4O5. The van der Waals surface area contributed by atoms with Gasteiger partial charge in [-0.1, -0.05) is 40.7 Å². The molecule has 0 aliphatic carbocycles. The number of primary amides is 1. The van der Waals surface area contributed by atoms with Gasteiger partial charge in [-0.15, -0.1) is 0 Å². The average molecular weight is 408 g/mol. The second-order valence-electron chi connectivity index (χ2n) is 8.45. The van der Waals surface area contributed by atoms with Gasteiger partial charge in [-0.05, 0) is 29.9 Å². The van der Waals surface area contributed by atoms with Crippen molar-refractivity contribution in [3.63, 3.8) is 0 Å². The molecule has 0 radical (unpaired) electrons. The fourth-order valence-corrected chi connectivity index (χ4v) is 3.14. The summed E-state index contributed by atoms with van der Waals surface area (Å²) in [5.41, 5.74) is 4.56. The Morgan fingerprint density at radius 2 is 1.90 bits per heavy atom. The van der Waals surface area contributed by atoms with Crippen molar-refractivity contribution in [3.8, 4) is 0 Å². The number of nitrogens with one attached hydrogen (secondary N) is 1. The zero-order valence-electron chi connectivity index (χ0n) is 17.9. The van der Waals surface area contributed by atoms with Gasteiger partial charge in [-0.3, -0.25) is 19.6 Å². The van der Waals surface area contributed by atoms with Crippen LogP contribution in [0.4, 0.5) is 5.82 Å². The summed E-state index contributed by atoms with van der Waals surface area (Å²) in [7, 11) is 1.27. The Kier molecular flexibility index (Phi) is 8.72. The largest absolute Gasteiger partial charge is 0.371 e. The van der Waals surface area contributed by atoms with Crippen LogP contribution in [-0.4, -0.2) is 52.2 Å². The van der Waals surface area contributed by atoms with E-state index >= 15 is 0 Å². The van der Waals surface area contributed by atoms with E-state index in [2.05, 4.69) is 10.3 Å². The van der Waals surface area contributed by atoms with E-state index in [9.17, 15) is 19.6 Å². The van der Waals surface area contributed by atoms with Crippen molar-refractivity contribution < 1.29 is 24.3 Å². The molecule has 3 amide bonds. The van der Waals surface area contributed by atoms with E-state index in [0.29, 0.717) is 10.9 Å². The number of rotatable bonds is 9. The van der Waals surface area contributed by atoms with Gasteiger partial charge in [-0.25, -0.2) is 10.0 Å². The number of hydrogen-bond acceptors (Lipinski definition) is 6. The predicted octanol–water partition coefficient (Wildman–Crippen LogP) is 1.82. The monoisotopic (exact) mass is 408 g/mol. The average Bonchev–Trinajstić information content (AvgIpc) is 2.59. The van der Waals surface area contributed by atoms with Crippen molar-refractivity contribution in [2.24, 2.45) is 23.0 Å². The van der Waals surface area contributed by atoms with Crippen LogP contribution >= 0.6 is 0 Å². The van der Waals surface area contributed by atoms with E-state index < -0.39 is 41.2 Å². The first-order valence-electron chi connectivity index (χ1n) is 9.46. The molecule has 9 heteroatoms. The summed E-state index contributed by atoms with van der Waals surface area (Å²) in [6.45, 7) is 8.87. The third-order valence-electron chi connectivity index (χ3n) is 4.40. The number of amides is 3. The van der Waals surface area contributed by atoms with Gasteiger partial charge in [0, 0.05) is 13.3 Å². The van der Waals surface area contributed by atoms with Crippen LogP contribution in [0.5, 0.6) is 0 Å². The Balaban J connectivity index is 3.21. The van der Waals surface area contributed by atoms with Gasteiger partial charge in [-0.2, -0.15) is 0 Å². The molecule has 4 N–H and O–H groups in total. The molecule has 0 fully saturated rings. The quantitative estimate of drug-likeness (QED) is 0.421. The normalized spacial score (nSPS) is 14.8. The highest BCUT2D eigenvalue weighted by atomic mass is 16.5. The summed E-state index contributed by atoms with van der Waals surface area (Å²) in [5, 5.41) is 13.8. The molecule has 1 aromatic rings. The molecule has 0 unspecified atom stereocenters. The Morgan fingerprint density at radius 3 is 2.31 bits per heavy atom. The van der Waals surface area contributed by atoms with Crippen LogP contribution in [0.3, 0.4) is 0 Å². The number of carbonyl (C=O) groups excluding carboxylic acids is 3. The number of carbonyl (C=O) groups is 3. The Hall–Kier alpha value is -2.52. The van der Waals surface area contributed by atoms with Crippen LogP contribution < -0.4 is 11.1 Å². The highest BCUT2D eigenvalue weighted by Gasteiger charge is 2.44. The molecule has 1 aromatic heterocycles. The molecule has 162 valence electrons. The fourth-order valence-electron chi connectivity index (χ4n) is 3.14. The van der Waals surface area contributed by atoms with Crippen LogP contribution in [-0.2, 0) is 19.1 Å². The van der Waals surface area contributed by atoms with Crippen LogP contribution in [0.15, 0.2) is 24.4 Å². The fraction of sp³-hybridized carbons (Fsp3) is 0.600. The zero-order chi connectivity index (χ0) is 22.4. The SMILES string of the molecule is CO[C@H](C(N)=O)[C@@H](CC(C)C)C(=O)N(O)[C@H](C(=O)Nc1ccccn1)C(C)(C)C. The second kappa shape index (κ2) is 10.3. The van der Waals surface area contributed by atoms with Gasteiger partial charge >= 0.3 is 0 Å². The summed E-state index contributed by atoms with van der Waals surface area (Å²) in [4.78, 5) is 41.8. The summed E-state index contributed by atoms with van der Waals surface area (Å²) in [6, 6.07) is 3.75. The maximum atomic E-state index is 13.1. The van der Waals surface area contributed by atoms with Crippen LogP contribution in [0, 0.1) is 17.3 Å². The Morgan fingerprint density at radius 1 is 1.28 bits per heavy atom. The van der Waals surface area contributed by atoms with Gasteiger partial charge in [0.1, 0.15) is 18.0 Å². The van der Waals surface area contributed by atoms with Gasteiger partial charge in [0.25, 0.3) is 11.8 Å². The Labute approximate surface area is 171 Å². The molecular weight excluding hydrogens is 376 g/mol. The molecule has 0 aliphatic rings. The topological polar surface area (TPSA) is 135 Å². The number of aromatic nitrogens is 1. The maximum absolute atomic E-state index is 13.1. The highest BCUT2D eigenvalue weighted by Crippen LogP contribution is 2.28. The molecule has 1 rings (SSSR count). The minimum Gasteiger partial charge on any atom is -0.371 e.